The fraction of sp³-hybridized carbons (Fsp3) is 0.353. The van der Waals surface area contributed by atoms with Crippen LogP contribution in [0.25, 0.3) is 11.0 Å². The number of hydrogen-bond donors (Lipinski definition) is 2. The van der Waals surface area contributed by atoms with Crippen molar-refractivity contribution in [3.05, 3.63) is 47.4 Å². The van der Waals surface area contributed by atoms with Gasteiger partial charge in [-0.3, -0.25) is 5.10 Å². The number of benzene rings is 1. The van der Waals surface area contributed by atoms with Crippen molar-refractivity contribution >= 4 is 16.9 Å². The SMILES string of the molecule is Cc1ccc(C(CNc2nc(C)nc3[nH]ncc23)N(C)C)cc1. The Morgan fingerprint density at radius 2 is 1.87 bits per heavy atom. The molecule has 2 heterocycles. The zero-order valence-electron chi connectivity index (χ0n) is 14.0. The normalized spacial score (nSPS) is 12.7. The Morgan fingerprint density at radius 3 is 2.57 bits per heavy atom. The van der Waals surface area contributed by atoms with Crippen molar-refractivity contribution < 1.29 is 0 Å². The summed E-state index contributed by atoms with van der Waals surface area (Å²) in [5.74, 6) is 1.54. The van der Waals surface area contributed by atoms with E-state index in [-0.39, 0.29) is 6.04 Å². The predicted octanol–water partition coefficient (Wildman–Crippen LogP) is 2.68. The van der Waals surface area contributed by atoms with E-state index in [1.807, 2.05) is 6.92 Å². The molecule has 1 unspecified atom stereocenters. The molecule has 0 saturated heterocycles. The Labute approximate surface area is 136 Å². The molecule has 2 aromatic heterocycles. The topological polar surface area (TPSA) is 69.7 Å². The first kappa shape index (κ1) is 15.4. The minimum atomic E-state index is 0.257. The highest BCUT2D eigenvalue weighted by atomic mass is 15.2. The lowest BCUT2D eigenvalue weighted by Crippen LogP contribution is -2.27. The first-order valence-electron chi connectivity index (χ1n) is 7.69. The van der Waals surface area contributed by atoms with Gasteiger partial charge in [-0.25, -0.2) is 9.97 Å². The monoisotopic (exact) mass is 310 g/mol. The second-order valence-corrected chi connectivity index (χ2v) is 6.02. The third-order valence-electron chi connectivity index (χ3n) is 3.97. The number of anilines is 1. The minimum absolute atomic E-state index is 0.257. The molecule has 6 nitrogen and oxygen atoms in total. The molecular weight excluding hydrogens is 288 g/mol. The van der Waals surface area contributed by atoms with E-state index in [9.17, 15) is 0 Å². The van der Waals surface area contributed by atoms with Crippen LogP contribution in [0.2, 0.25) is 0 Å². The number of H-pyrrole nitrogens is 1. The number of fused-ring (bicyclic) bond motifs is 1. The van der Waals surface area contributed by atoms with Crippen molar-refractivity contribution in [2.75, 3.05) is 26.0 Å². The van der Waals surface area contributed by atoms with Crippen molar-refractivity contribution in [1.82, 2.24) is 25.1 Å². The van der Waals surface area contributed by atoms with Gasteiger partial charge in [-0.1, -0.05) is 29.8 Å². The van der Waals surface area contributed by atoms with Crippen LogP contribution in [-0.2, 0) is 0 Å². The van der Waals surface area contributed by atoms with Crippen LogP contribution in [-0.4, -0.2) is 45.7 Å². The van der Waals surface area contributed by atoms with E-state index in [1.54, 1.807) is 6.20 Å². The van der Waals surface area contributed by atoms with Crippen LogP contribution in [0.3, 0.4) is 0 Å². The van der Waals surface area contributed by atoms with Gasteiger partial charge in [0.15, 0.2) is 5.65 Å². The summed E-state index contributed by atoms with van der Waals surface area (Å²) < 4.78 is 0. The van der Waals surface area contributed by atoms with Gasteiger partial charge in [-0.2, -0.15) is 5.10 Å². The molecule has 0 fully saturated rings. The molecule has 0 amide bonds. The van der Waals surface area contributed by atoms with Gasteiger partial charge in [0.25, 0.3) is 0 Å². The molecule has 23 heavy (non-hydrogen) atoms. The van der Waals surface area contributed by atoms with Crippen LogP contribution >= 0.6 is 0 Å². The van der Waals surface area contributed by atoms with Crippen LogP contribution in [0.15, 0.2) is 30.5 Å². The van der Waals surface area contributed by atoms with Crippen LogP contribution in [0.5, 0.6) is 0 Å². The van der Waals surface area contributed by atoms with Gasteiger partial charge in [0, 0.05) is 6.54 Å². The maximum Gasteiger partial charge on any atom is 0.161 e. The summed E-state index contributed by atoms with van der Waals surface area (Å²) in [6.45, 7) is 4.74. The molecule has 2 N–H and O–H groups in total. The van der Waals surface area contributed by atoms with Crippen molar-refractivity contribution in [3.63, 3.8) is 0 Å². The fourth-order valence-electron chi connectivity index (χ4n) is 2.66. The zero-order valence-corrected chi connectivity index (χ0v) is 14.0. The van der Waals surface area contributed by atoms with Crippen molar-refractivity contribution in [3.8, 4) is 0 Å². The molecule has 0 aliphatic rings. The maximum atomic E-state index is 4.51. The molecule has 1 atom stereocenters. The van der Waals surface area contributed by atoms with Gasteiger partial charge in [0.2, 0.25) is 0 Å². The summed E-state index contributed by atoms with van der Waals surface area (Å²) >= 11 is 0. The van der Waals surface area contributed by atoms with Crippen molar-refractivity contribution in [1.29, 1.82) is 0 Å². The van der Waals surface area contributed by atoms with Gasteiger partial charge < -0.3 is 10.2 Å². The average Bonchev–Trinajstić information content (AvgIpc) is 2.97. The summed E-state index contributed by atoms with van der Waals surface area (Å²) in [4.78, 5) is 11.1. The number of nitrogens with zero attached hydrogens (tertiary/aromatic N) is 4. The standard InChI is InChI=1S/C17H22N6/c1-11-5-7-13(8-6-11)15(23(3)4)10-18-16-14-9-19-22-17(14)21-12(2)20-16/h5-9,15H,10H2,1-4H3,(H2,18,19,20,21,22). The molecule has 1 aromatic carbocycles. The maximum absolute atomic E-state index is 4.51. The van der Waals surface area contributed by atoms with E-state index in [4.69, 9.17) is 0 Å². The fourth-order valence-corrected chi connectivity index (χ4v) is 2.66. The van der Waals surface area contributed by atoms with Gasteiger partial charge in [-0.15, -0.1) is 0 Å². The Balaban J connectivity index is 1.83. The number of likely N-dealkylation sites (N-methyl/N-ethyl adjacent to an activating group) is 1. The first-order valence-corrected chi connectivity index (χ1v) is 7.69. The molecule has 0 aliphatic heterocycles. The summed E-state index contributed by atoms with van der Waals surface area (Å²) in [5, 5.41) is 11.3. The Bertz CT molecular complexity index is 790. The Kier molecular flexibility index (Phi) is 4.25. The van der Waals surface area contributed by atoms with E-state index in [0.29, 0.717) is 0 Å². The number of hydrogen-bond acceptors (Lipinski definition) is 5. The molecule has 6 heteroatoms. The van der Waals surface area contributed by atoms with Gasteiger partial charge in [-0.05, 0) is 33.5 Å². The number of aryl methyl sites for hydroxylation is 2. The summed E-state index contributed by atoms with van der Waals surface area (Å²) in [6, 6.07) is 8.91. The minimum Gasteiger partial charge on any atom is -0.367 e. The lowest BCUT2D eigenvalue weighted by Gasteiger charge is -2.25. The molecule has 120 valence electrons. The van der Waals surface area contributed by atoms with Crippen LogP contribution in [0.4, 0.5) is 5.82 Å². The molecule has 0 radical (unpaired) electrons. The van der Waals surface area contributed by atoms with Crippen LogP contribution in [0, 0.1) is 13.8 Å². The summed E-state index contributed by atoms with van der Waals surface area (Å²) in [5.41, 5.74) is 3.31. The average molecular weight is 310 g/mol. The molecule has 0 saturated carbocycles. The molecular formula is C17H22N6. The van der Waals surface area contributed by atoms with E-state index >= 15 is 0 Å². The summed E-state index contributed by atoms with van der Waals surface area (Å²) in [6.07, 6.45) is 1.76. The third-order valence-corrected chi connectivity index (χ3v) is 3.97. The highest BCUT2D eigenvalue weighted by Crippen LogP contribution is 2.22. The molecule has 3 rings (SSSR count). The van der Waals surface area contributed by atoms with E-state index in [2.05, 4.69) is 75.7 Å². The van der Waals surface area contributed by atoms with Gasteiger partial charge in [0.05, 0.1) is 17.6 Å². The third kappa shape index (κ3) is 3.32. The Hall–Kier alpha value is -2.47. The Morgan fingerprint density at radius 1 is 1.13 bits per heavy atom. The number of rotatable bonds is 5. The van der Waals surface area contributed by atoms with Crippen molar-refractivity contribution in [2.24, 2.45) is 0 Å². The predicted molar refractivity (Wildman–Crippen MR) is 92.5 cm³/mol. The van der Waals surface area contributed by atoms with Gasteiger partial charge in [0.1, 0.15) is 11.6 Å². The molecule has 0 aliphatic carbocycles. The first-order chi connectivity index (χ1) is 11.0. The van der Waals surface area contributed by atoms with E-state index in [0.717, 1.165) is 29.2 Å². The largest absolute Gasteiger partial charge is 0.367 e. The van der Waals surface area contributed by atoms with Crippen LogP contribution < -0.4 is 5.32 Å². The molecule has 0 bridgehead atoms. The second-order valence-electron chi connectivity index (χ2n) is 6.02. The highest BCUT2D eigenvalue weighted by molar-refractivity contribution is 5.85. The summed E-state index contributed by atoms with van der Waals surface area (Å²) in [7, 11) is 4.18. The zero-order chi connectivity index (χ0) is 16.4. The lowest BCUT2D eigenvalue weighted by molar-refractivity contribution is 0.311. The van der Waals surface area contributed by atoms with Crippen LogP contribution in [0.1, 0.15) is 23.0 Å². The number of nitrogens with one attached hydrogen (secondary N) is 2. The van der Waals surface area contributed by atoms with E-state index < -0.39 is 0 Å². The van der Waals surface area contributed by atoms with Crippen molar-refractivity contribution in [2.45, 2.75) is 19.9 Å². The molecule has 0 spiro atoms. The number of aromatic nitrogens is 4. The van der Waals surface area contributed by atoms with Gasteiger partial charge >= 0.3 is 0 Å². The quantitative estimate of drug-likeness (QED) is 0.758. The van der Waals surface area contributed by atoms with E-state index in [1.165, 1.54) is 11.1 Å². The number of aromatic amines is 1. The second kappa shape index (κ2) is 6.34. The molecule has 3 aromatic rings. The highest BCUT2D eigenvalue weighted by Gasteiger charge is 2.15. The smallest absolute Gasteiger partial charge is 0.161 e. The lowest BCUT2D eigenvalue weighted by atomic mass is 10.0.